The van der Waals surface area contributed by atoms with E-state index in [1.807, 2.05) is 0 Å². The molecule has 0 radical (unpaired) electrons. The van der Waals surface area contributed by atoms with Crippen LogP contribution in [0.25, 0.3) is 12.2 Å². The summed E-state index contributed by atoms with van der Waals surface area (Å²) >= 11 is -1.83. The van der Waals surface area contributed by atoms with Crippen molar-refractivity contribution < 1.29 is 45.7 Å². The Bertz CT molecular complexity index is 814. The summed E-state index contributed by atoms with van der Waals surface area (Å²) in [6, 6.07) is 14.3. The molecule has 0 saturated heterocycles. The number of hydrogen-bond donors (Lipinski definition) is 0. The van der Waals surface area contributed by atoms with Crippen LogP contribution in [0, 0.1) is 0 Å². The molecule has 0 aliphatic heterocycles. The molecule has 2 aromatic carbocycles. The van der Waals surface area contributed by atoms with Gasteiger partial charge in [0.2, 0.25) is 0 Å². The van der Waals surface area contributed by atoms with Crippen LogP contribution in [0.1, 0.15) is 36.1 Å². The van der Waals surface area contributed by atoms with Gasteiger partial charge in [-0.1, -0.05) is 0 Å². The summed E-state index contributed by atoms with van der Waals surface area (Å²) in [6.07, 6.45) is 7.27. The maximum absolute atomic E-state index is 2.59. The van der Waals surface area contributed by atoms with Crippen LogP contribution in [0.15, 0.2) is 47.5 Å². The molecule has 4 heteroatoms. The van der Waals surface area contributed by atoms with Gasteiger partial charge in [0.1, 0.15) is 0 Å². The monoisotopic (exact) mass is 477 g/mol. The molecule has 0 saturated carbocycles. The second-order valence-electron chi connectivity index (χ2n) is 7.66. The zero-order valence-electron chi connectivity index (χ0n) is 15.9. The summed E-state index contributed by atoms with van der Waals surface area (Å²) in [5.41, 5.74) is 9.39. The van der Waals surface area contributed by atoms with Gasteiger partial charge in [-0.2, -0.15) is 0 Å². The Hall–Kier alpha value is -0.400. The van der Waals surface area contributed by atoms with Crippen molar-refractivity contribution >= 4 is 24.6 Å². The van der Waals surface area contributed by atoms with Crippen LogP contribution in [0.3, 0.4) is 0 Å². The summed E-state index contributed by atoms with van der Waals surface area (Å²) in [5, 5.41) is 0. The summed E-state index contributed by atoms with van der Waals surface area (Å²) in [5.74, 6) is -0.711. The average molecular weight is 480 g/mol. The normalized spacial score (nSPS) is 14.0. The molecule has 2 aliphatic carbocycles. The van der Waals surface area contributed by atoms with Gasteiger partial charge in [-0.3, -0.25) is 0 Å². The molecule has 0 bridgehead atoms. The number of hydrogen-bond acceptors (Lipinski definition) is 0. The Morgan fingerprint density at radius 2 is 1.15 bits per heavy atom. The van der Waals surface area contributed by atoms with Gasteiger partial charge in [-0.05, 0) is 0 Å². The van der Waals surface area contributed by atoms with Crippen LogP contribution in [0.2, 0.25) is 13.1 Å². The van der Waals surface area contributed by atoms with Crippen molar-refractivity contribution in [3.8, 4) is 0 Å². The maximum Gasteiger partial charge on any atom is -1.00 e. The van der Waals surface area contributed by atoms with Crippen LogP contribution < -0.4 is 31.4 Å². The molecule has 0 aromatic heterocycles. The Morgan fingerprint density at radius 1 is 0.731 bits per heavy atom. The molecule has 2 aromatic rings. The molecule has 0 unspecified atom stereocenters. The number of rotatable bonds is 3. The van der Waals surface area contributed by atoms with Crippen LogP contribution in [0.5, 0.6) is 0 Å². The zero-order valence-corrected chi connectivity index (χ0v) is 21.0. The van der Waals surface area contributed by atoms with E-state index in [0.29, 0.717) is 0 Å². The van der Waals surface area contributed by atoms with E-state index in [9.17, 15) is 0 Å². The van der Waals surface area contributed by atoms with E-state index in [1.54, 1.807) is 28.8 Å². The van der Waals surface area contributed by atoms with Gasteiger partial charge in [0.15, 0.2) is 0 Å². The number of fused-ring (bicyclic) bond motifs is 2. The number of benzene rings is 2. The van der Waals surface area contributed by atoms with Gasteiger partial charge in [-0.15, -0.1) is 0 Å². The third-order valence-electron chi connectivity index (χ3n) is 5.27. The second kappa shape index (κ2) is 8.74. The topological polar surface area (TPSA) is 0 Å². The maximum atomic E-state index is 2.59. The summed E-state index contributed by atoms with van der Waals surface area (Å²) in [4.78, 5) is 0. The largest absolute Gasteiger partial charge is 1.00 e. The van der Waals surface area contributed by atoms with Crippen molar-refractivity contribution in [2.75, 3.05) is 0 Å². The van der Waals surface area contributed by atoms with Crippen LogP contribution in [-0.4, -0.2) is 5.92 Å². The molecule has 0 nitrogen and oxygen atoms in total. The second-order valence-corrected chi connectivity index (χ2v) is 26.6. The van der Waals surface area contributed by atoms with E-state index < -0.39 is 26.8 Å². The van der Waals surface area contributed by atoms with Gasteiger partial charge >= 0.3 is 155 Å². The van der Waals surface area contributed by atoms with E-state index in [4.69, 9.17) is 0 Å². The molecule has 0 amide bonds. The number of allylic oxidation sites excluding steroid dienone is 2. The van der Waals surface area contributed by atoms with E-state index in [1.165, 1.54) is 11.1 Å². The van der Waals surface area contributed by atoms with Crippen molar-refractivity contribution in [1.82, 2.24) is 0 Å². The fourth-order valence-electron chi connectivity index (χ4n) is 4.31. The molecule has 2 aliphatic rings. The van der Waals surface area contributed by atoms with Gasteiger partial charge in [0.05, 0.1) is 0 Å². The van der Waals surface area contributed by atoms with Crippen molar-refractivity contribution in [3.63, 3.8) is 0 Å². The van der Waals surface area contributed by atoms with Gasteiger partial charge in [0.25, 0.3) is 0 Å². The Labute approximate surface area is 178 Å². The molecule has 135 valence electrons. The minimum Gasteiger partial charge on any atom is -1.00 e. The first-order valence-electron chi connectivity index (χ1n) is 9.00. The molecule has 0 N–H and O–H groups in total. The molecular formula is C22H25Cl2SiZr. The van der Waals surface area contributed by atoms with E-state index in [-0.39, 0.29) is 24.8 Å². The van der Waals surface area contributed by atoms with Crippen LogP contribution in [0.4, 0.5) is 0 Å². The molecule has 4 rings (SSSR count). The van der Waals surface area contributed by atoms with Crippen molar-refractivity contribution in [2.24, 2.45) is 0 Å². The third kappa shape index (κ3) is 3.90. The average Bonchev–Trinajstić information content (AvgIpc) is 3.09. The van der Waals surface area contributed by atoms with Crippen molar-refractivity contribution in [1.29, 1.82) is 0 Å². The van der Waals surface area contributed by atoms with Gasteiger partial charge in [0, 0.05) is 0 Å². The smallest absolute Gasteiger partial charge is 1.00 e. The quantitative estimate of drug-likeness (QED) is 0.455. The minimum absolute atomic E-state index is 0. The van der Waals surface area contributed by atoms with E-state index >= 15 is 0 Å². The molecule has 0 atom stereocenters. The zero-order chi connectivity index (χ0) is 16.8. The molecule has 0 fully saturated rings. The third-order valence-corrected chi connectivity index (χ3v) is 23.6. The SMILES string of the molecule is CC1=Cc2c(ccc[c]2[Zr+2]([c]2cccc3c2C=C(C)C3)[SiH](C)C)C1.[Cl-].[Cl-]. The summed E-state index contributed by atoms with van der Waals surface area (Å²) in [6.45, 7) is 9.74. The fourth-order valence-corrected chi connectivity index (χ4v) is 22.3. The predicted octanol–water partition coefficient (Wildman–Crippen LogP) is -1.83. The molecular weight excluding hydrogens is 454 g/mol. The first kappa shape index (κ1) is 21.9. The minimum atomic E-state index is -1.83. The van der Waals surface area contributed by atoms with Crippen LogP contribution in [-0.2, 0) is 33.8 Å². The first-order chi connectivity index (χ1) is 11.5. The molecule has 0 spiro atoms. The van der Waals surface area contributed by atoms with Crippen molar-refractivity contribution in [3.05, 3.63) is 69.8 Å². The Balaban J connectivity index is 0.00000121. The molecule has 26 heavy (non-hydrogen) atoms. The van der Waals surface area contributed by atoms with E-state index in [0.717, 1.165) is 12.8 Å². The number of halogens is 2. The van der Waals surface area contributed by atoms with Crippen LogP contribution >= 0.6 is 0 Å². The Morgan fingerprint density at radius 3 is 1.54 bits per heavy atom. The summed E-state index contributed by atoms with van der Waals surface area (Å²) < 4.78 is 3.53. The van der Waals surface area contributed by atoms with E-state index in [2.05, 4.69) is 75.5 Å². The fraction of sp³-hybridized carbons (Fsp3) is 0.273. The first-order valence-corrected chi connectivity index (χ1v) is 18.6. The summed E-state index contributed by atoms with van der Waals surface area (Å²) in [7, 11) is 0. The standard InChI is InChI=1S/2C10H9.C2H7Si.2ClH.Zr/c2*1-8-6-9-4-2-3-5-10(9)7-8;1-3-2;;;/h2*2-4,7H,6H2,1H3;3H,1-2H3;2*1H;/q;;;;;+2/p-2. The predicted molar refractivity (Wildman–Crippen MR) is 106 cm³/mol. The van der Waals surface area contributed by atoms with Crippen molar-refractivity contribution in [2.45, 2.75) is 39.8 Å². The Kier molecular flexibility index (Phi) is 7.36. The molecule has 0 heterocycles. The van der Waals surface area contributed by atoms with Gasteiger partial charge in [-0.25, -0.2) is 0 Å². The van der Waals surface area contributed by atoms with Gasteiger partial charge < -0.3 is 24.8 Å².